The van der Waals surface area contributed by atoms with Crippen LogP contribution in [-0.2, 0) is 6.18 Å². The second kappa shape index (κ2) is 6.13. The number of thiophene rings is 1. The van der Waals surface area contributed by atoms with Crippen LogP contribution >= 0.6 is 11.3 Å². The van der Waals surface area contributed by atoms with Gasteiger partial charge in [0.15, 0.2) is 0 Å². The summed E-state index contributed by atoms with van der Waals surface area (Å²) in [5.41, 5.74) is 1.12. The minimum Gasteiger partial charge on any atom is -0.478 e. The van der Waals surface area contributed by atoms with Gasteiger partial charge in [-0.1, -0.05) is 18.2 Å². The highest BCUT2D eigenvalue weighted by molar-refractivity contribution is 7.18. The number of aromatic carboxylic acids is 2. The van der Waals surface area contributed by atoms with Crippen molar-refractivity contribution in [2.24, 2.45) is 0 Å². The number of nitrogen functional groups attached to an aromatic ring is 1. The van der Waals surface area contributed by atoms with Gasteiger partial charge in [0.1, 0.15) is 16.9 Å². The molecule has 0 radical (unpaired) electrons. The maximum atomic E-state index is 13.2. The second-order valence-electron chi connectivity index (χ2n) is 5.43. The van der Waals surface area contributed by atoms with Crippen molar-refractivity contribution in [1.82, 2.24) is 4.98 Å². The molecule has 0 saturated heterocycles. The molecule has 2 heterocycles. The van der Waals surface area contributed by atoms with E-state index >= 15 is 0 Å². The highest BCUT2D eigenvalue weighted by Gasteiger charge is 2.35. The summed E-state index contributed by atoms with van der Waals surface area (Å²) in [4.78, 5) is 37.2. The summed E-state index contributed by atoms with van der Waals surface area (Å²) >= 11 is 0.656. The zero-order valence-electron chi connectivity index (χ0n) is 13.0. The Kier molecular flexibility index (Phi) is 4.19. The van der Waals surface area contributed by atoms with Crippen molar-refractivity contribution >= 4 is 39.2 Å². The van der Waals surface area contributed by atoms with Crippen LogP contribution in [0, 0.1) is 0 Å². The molecular formula is C16H9F3N2O5S. The first-order chi connectivity index (χ1) is 12.5. The molecule has 0 fully saturated rings. The fraction of sp³-hybridized carbons (Fsp3) is 0.0625. The Hall–Kier alpha value is -3.34. The van der Waals surface area contributed by atoms with Gasteiger partial charge in [0.2, 0.25) is 0 Å². The van der Waals surface area contributed by atoms with Crippen molar-refractivity contribution in [1.29, 1.82) is 0 Å². The van der Waals surface area contributed by atoms with Crippen LogP contribution in [-0.4, -0.2) is 27.1 Å². The van der Waals surface area contributed by atoms with E-state index < -0.39 is 51.7 Å². The minimum absolute atomic E-state index is 0.0141. The van der Waals surface area contributed by atoms with Crippen molar-refractivity contribution in [3.63, 3.8) is 0 Å². The highest BCUT2D eigenvalue weighted by atomic mass is 32.1. The lowest BCUT2D eigenvalue weighted by atomic mass is 9.94. The molecule has 0 amide bonds. The number of halogens is 3. The maximum Gasteiger partial charge on any atom is 0.417 e. The summed E-state index contributed by atoms with van der Waals surface area (Å²) in [6, 6.07) is 3.63. The molecule has 27 heavy (non-hydrogen) atoms. The van der Waals surface area contributed by atoms with E-state index in [0.29, 0.717) is 11.3 Å². The number of H-pyrrole nitrogens is 1. The molecule has 0 aliphatic carbocycles. The van der Waals surface area contributed by atoms with Crippen LogP contribution in [0.5, 0.6) is 0 Å². The minimum atomic E-state index is -4.66. The van der Waals surface area contributed by atoms with Gasteiger partial charge in [0.25, 0.3) is 5.56 Å². The molecule has 5 N–H and O–H groups in total. The van der Waals surface area contributed by atoms with E-state index in [1.165, 1.54) is 18.2 Å². The largest absolute Gasteiger partial charge is 0.478 e. The number of nitrogens with one attached hydrogen (secondary N) is 1. The topological polar surface area (TPSA) is 133 Å². The van der Waals surface area contributed by atoms with E-state index in [9.17, 15) is 37.8 Å². The maximum absolute atomic E-state index is 13.2. The van der Waals surface area contributed by atoms with E-state index in [0.717, 1.165) is 5.38 Å². The van der Waals surface area contributed by atoms with E-state index in [-0.39, 0.29) is 15.6 Å². The molecule has 0 saturated carbocycles. The lowest BCUT2D eigenvalue weighted by molar-refractivity contribution is -0.136. The summed E-state index contributed by atoms with van der Waals surface area (Å²) < 4.78 is 39.5. The Labute approximate surface area is 151 Å². The second-order valence-corrected chi connectivity index (χ2v) is 6.31. The summed E-state index contributed by atoms with van der Waals surface area (Å²) in [6.45, 7) is 0. The number of anilines is 1. The van der Waals surface area contributed by atoms with Crippen molar-refractivity contribution < 1.29 is 33.0 Å². The van der Waals surface area contributed by atoms with E-state index in [1.807, 2.05) is 4.98 Å². The van der Waals surface area contributed by atoms with Crippen LogP contribution < -0.4 is 11.3 Å². The molecule has 0 unspecified atom stereocenters. The number of benzene rings is 1. The number of hydrogen-bond acceptors (Lipinski definition) is 5. The molecule has 0 bridgehead atoms. The first-order valence-corrected chi connectivity index (χ1v) is 8.02. The number of carboxylic acids is 2. The SMILES string of the molecule is Nc1[nH]c(=O)c(C(=O)O)c(-c2cccc3c(C(F)(F)F)csc23)c1C(=O)O. The fourth-order valence-corrected chi connectivity index (χ4v) is 3.89. The van der Waals surface area contributed by atoms with Gasteiger partial charge in [-0.2, -0.15) is 13.2 Å². The number of nitrogens with two attached hydrogens (primary N) is 1. The van der Waals surface area contributed by atoms with Gasteiger partial charge in [-0.25, -0.2) is 9.59 Å². The van der Waals surface area contributed by atoms with Gasteiger partial charge in [0.05, 0.1) is 5.56 Å². The Morgan fingerprint density at radius 2 is 1.74 bits per heavy atom. The van der Waals surface area contributed by atoms with Crippen molar-refractivity contribution in [3.8, 4) is 11.1 Å². The summed E-state index contributed by atoms with van der Waals surface area (Å²) in [5, 5.41) is 19.4. The van der Waals surface area contributed by atoms with Crippen LogP contribution in [0.15, 0.2) is 28.4 Å². The van der Waals surface area contributed by atoms with Crippen LogP contribution in [0.4, 0.5) is 19.0 Å². The molecule has 0 atom stereocenters. The predicted molar refractivity (Wildman–Crippen MR) is 91.2 cm³/mol. The Morgan fingerprint density at radius 3 is 2.30 bits per heavy atom. The van der Waals surface area contributed by atoms with Crippen molar-refractivity contribution in [2.75, 3.05) is 5.73 Å². The summed E-state index contributed by atoms with van der Waals surface area (Å²) in [5.74, 6) is -3.97. The number of pyridine rings is 1. The monoisotopic (exact) mass is 398 g/mol. The van der Waals surface area contributed by atoms with Crippen LogP contribution in [0.1, 0.15) is 26.3 Å². The highest BCUT2D eigenvalue weighted by Crippen LogP contribution is 2.43. The smallest absolute Gasteiger partial charge is 0.417 e. The summed E-state index contributed by atoms with van der Waals surface area (Å²) in [7, 11) is 0. The number of aromatic nitrogens is 1. The molecule has 7 nitrogen and oxygen atoms in total. The number of carboxylic acid groups (broad SMARTS) is 2. The summed E-state index contributed by atoms with van der Waals surface area (Å²) in [6.07, 6.45) is -4.66. The van der Waals surface area contributed by atoms with Crippen molar-refractivity contribution in [3.05, 3.63) is 50.6 Å². The Morgan fingerprint density at radius 1 is 1.11 bits per heavy atom. The van der Waals surface area contributed by atoms with Gasteiger partial charge in [-0.3, -0.25) is 4.79 Å². The van der Waals surface area contributed by atoms with Gasteiger partial charge in [-0.05, 0) is 0 Å². The first-order valence-electron chi connectivity index (χ1n) is 7.14. The number of carbonyl (C=O) groups is 2. The van der Waals surface area contributed by atoms with Gasteiger partial charge >= 0.3 is 18.1 Å². The molecule has 11 heteroatoms. The van der Waals surface area contributed by atoms with Crippen molar-refractivity contribution in [2.45, 2.75) is 6.18 Å². The average Bonchev–Trinajstić information content (AvgIpc) is 2.97. The van der Waals surface area contributed by atoms with Crippen LogP contribution in [0.2, 0.25) is 0 Å². The molecular weight excluding hydrogens is 389 g/mol. The lowest BCUT2D eigenvalue weighted by Crippen LogP contribution is -2.24. The molecule has 3 rings (SSSR count). The number of fused-ring (bicyclic) bond motifs is 1. The standard InChI is InChI=1S/C16H9F3N2O5S/c17-16(18,19)7-4-27-11-5(7)2-1-3-6(11)8-9(14(23)24)12(20)21-13(22)10(8)15(25)26/h1-4H,(H,23,24)(H,25,26)(H3,20,21,22). The molecule has 2 aromatic heterocycles. The normalized spacial score (nSPS) is 11.7. The average molecular weight is 398 g/mol. The Balaban J connectivity index is 2.52. The quantitative estimate of drug-likeness (QED) is 0.535. The zero-order valence-corrected chi connectivity index (χ0v) is 13.9. The third kappa shape index (κ3) is 2.91. The number of alkyl halides is 3. The van der Waals surface area contributed by atoms with Crippen LogP contribution in [0.3, 0.4) is 0 Å². The molecule has 3 aromatic rings. The molecule has 0 aliphatic rings. The van der Waals surface area contributed by atoms with Crippen LogP contribution in [0.25, 0.3) is 21.2 Å². The third-order valence-corrected chi connectivity index (χ3v) is 4.88. The number of rotatable bonds is 3. The third-order valence-electron chi connectivity index (χ3n) is 3.85. The molecule has 1 aromatic carbocycles. The fourth-order valence-electron chi connectivity index (χ4n) is 2.79. The van der Waals surface area contributed by atoms with E-state index in [1.54, 1.807) is 0 Å². The zero-order chi connectivity index (χ0) is 20.1. The van der Waals surface area contributed by atoms with Gasteiger partial charge in [-0.15, -0.1) is 11.3 Å². The molecule has 0 spiro atoms. The predicted octanol–water partition coefficient (Wildman–Crippen LogP) is 3.25. The number of hydrogen-bond donors (Lipinski definition) is 4. The van der Waals surface area contributed by atoms with E-state index in [4.69, 9.17) is 5.73 Å². The first kappa shape index (κ1) is 18.5. The molecule has 0 aliphatic heterocycles. The number of aromatic amines is 1. The van der Waals surface area contributed by atoms with E-state index in [2.05, 4.69) is 0 Å². The van der Waals surface area contributed by atoms with Gasteiger partial charge < -0.3 is 20.9 Å². The molecule has 140 valence electrons. The Bertz CT molecular complexity index is 1160. The van der Waals surface area contributed by atoms with Gasteiger partial charge in [0, 0.05) is 26.6 Å². The lowest BCUT2D eigenvalue weighted by Gasteiger charge is -2.13.